The minimum Gasteiger partial charge on any atom is -0.319 e. The molecule has 3 nitrogen and oxygen atoms in total. The van der Waals surface area contributed by atoms with Crippen LogP contribution in [-0.2, 0) is 13.0 Å². The molecule has 0 saturated heterocycles. The van der Waals surface area contributed by atoms with Crippen LogP contribution in [0.3, 0.4) is 0 Å². The predicted octanol–water partition coefficient (Wildman–Crippen LogP) is 3.40. The number of rotatable bonds is 5. The second kappa shape index (κ2) is 6.20. The average Bonchev–Trinajstić information content (AvgIpc) is 2.54. The van der Waals surface area contributed by atoms with Crippen molar-refractivity contribution >= 4 is 15.9 Å². The number of nitrogens with one attached hydrogen (secondary N) is 1. The minimum atomic E-state index is 0.291. The van der Waals surface area contributed by atoms with E-state index < -0.39 is 0 Å². The third kappa shape index (κ3) is 3.58. The van der Waals surface area contributed by atoms with Crippen molar-refractivity contribution in [3.8, 4) is 0 Å². The lowest BCUT2D eigenvalue weighted by Gasteiger charge is -2.31. The van der Waals surface area contributed by atoms with E-state index in [2.05, 4.69) is 65.6 Å². The van der Waals surface area contributed by atoms with Crippen LogP contribution in [0.1, 0.15) is 39.1 Å². The standard InChI is InChI=1S/C14H26BrN3/c1-7-18-12(13(15)10(2)17-18)8-11(9-16-6)14(3,4)5/h11,16H,7-9H2,1-6H3. The number of hydrogen-bond donors (Lipinski definition) is 1. The molecule has 0 aliphatic carbocycles. The lowest BCUT2D eigenvalue weighted by molar-refractivity contribution is 0.230. The van der Waals surface area contributed by atoms with Crippen LogP contribution in [0.2, 0.25) is 0 Å². The molecule has 18 heavy (non-hydrogen) atoms. The van der Waals surface area contributed by atoms with Gasteiger partial charge in [-0.25, -0.2) is 0 Å². The second-order valence-corrected chi connectivity index (χ2v) is 6.78. The maximum Gasteiger partial charge on any atom is 0.0738 e. The van der Waals surface area contributed by atoms with Crippen molar-refractivity contribution in [2.24, 2.45) is 11.3 Å². The summed E-state index contributed by atoms with van der Waals surface area (Å²) in [6.45, 7) is 13.1. The minimum absolute atomic E-state index is 0.291. The molecule has 1 aromatic rings. The van der Waals surface area contributed by atoms with Crippen LogP contribution in [0, 0.1) is 18.3 Å². The second-order valence-electron chi connectivity index (χ2n) is 5.99. The van der Waals surface area contributed by atoms with Gasteiger partial charge in [-0.2, -0.15) is 5.10 Å². The van der Waals surface area contributed by atoms with Crippen molar-refractivity contribution in [2.75, 3.05) is 13.6 Å². The fourth-order valence-corrected chi connectivity index (χ4v) is 2.67. The van der Waals surface area contributed by atoms with E-state index in [4.69, 9.17) is 0 Å². The fourth-order valence-electron chi connectivity index (χ4n) is 2.23. The van der Waals surface area contributed by atoms with Crippen molar-refractivity contribution < 1.29 is 0 Å². The van der Waals surface area contributed by atoms with Gasteiger partial charge in [-0.05, 0) is 61.1 Å². The van der Waals surface area contributed by atoms with E-state index in [0.717, 1.165) is 25.2 Å². The molecule has 0 saturated carbocycles. The van der Waals surface area contributed by atoms with Gasteiger partial charge < -0.3 is 5.32 Å². The van der Waals surface area contributed by atoms with E-state index in [9.17, 15) is 0 Å². The molecule has 0 fully saturated rings. The summed E-state index contributed by atoms with van der Waals surface area (Å²) < 4.78 is 3.29. The molecule has 0 aliphatic rings. The van der Waals surface area contributed by atoms with Crippen molar-refractivity contribution in [1.29, 1.82) is 0 Å². The van der Waals surface area contributed by atoms with Gasteiger partial charge in [-0.3, -0.25) is 4.68 Å². The number of halogens is 1. The molecule has 1 heterocycles. The Labute approximate surface area is 119 Å². The highest BCUT2D eigenvalue weighted by Crippen LogP contribution is 2.32. The van der Waals surface area contributed by atoms with Gasteiger partial charge in [0.1, 0.15) is 0 Å². The molecular formula is C14H26BrN3. The summed E-state index contributed by atoms with van der Waals surface area (Å²) in [5.74, 6) is 0.597. The van der Waals surface area contributed by atoms with Crippen molar-refractivity contribution in [3.63, 3.8) is 0 Å². The molecule has 1 rings (SSSR count). The lowest BCUT2D eigenvalue weighted by Crippen LogP contribution is -2.32. The Morgan fingerprint density at radius 1 is 1.39 bits per heavy atom. The summed E-state index contributed by atoms with van der Waals surface area (Å²) in [6.07, 6.45) is 1.06. The Bertz CT molecular complexity index is 390. The number of aryl methyl sites for hydroxylation is 2. The van der Waals surface area contributed by atoms with Gasteiger partial charge >= 0.3 is 0 Å². The third-order valence-corrected chi connectivity index (χ3v) is 4.60. The molecule has 0 aliphatic heterocycles. The average molecular weight is 316 g/mol. The zero-order valence-electron chi connectivity index (χ0n) is 12.5. The highest BCUT2D eigenvalue weighted by Gasteiger charge is 2.26. The fraction of sp³-hybridized carbons (Fsp3) is 0.786. The van der Waals surface area contributed by atoms with E-state index in [-0.39, 0.29) is 0 Å². The normalized spacial score (nSPS) is 13.9. The van der Waals surface area contributed by atoms with Gasteiger partial charge in [0.15, 0.2) is 0 Å². The maximum atomic E-state index is 4.57. The summed E-state index contributed by atoms with van der Waals surface area (Å²) in [6, 6.07) is 0. The highest BCUT2D eigenvalue weighted by atomic mass is 79.9. The Kier molecular flexibility index (Phi) is 5.41. The summed E-state index contributed by atoms with van der Waals surface area (Å²) in [5, 5.41) is 7.89. The first-order valence-corrected chi connectivity index (χ1v) is 7.46. The molecule has 0 amide bonds. The van der Waals surface area contributed by atoms with Crippen LogP contribution in [-0.4, -0.2) is 23.4 Å². The van der Waals surface area contributed by atoms with Gasteiger partial charge in [-0.15, -0.1) is 0 Å². The van der Waals surface area contributed by atoms with Crippen LogP contribution < -0.4 is 5.32 Å². The lowest BCUT2D eigenvalue weighted by atomic mass is 9.78. The molecule has 1 unspecified atom stereocenters. The molecule has 1 aromatic heterocycles. The Morgan fingerprint density at radius 3 is 2.44 bits per heavy atom. The summed E-state index contributed by atoms with van der Waals surface area (Å²) in [7, 11) is 2.02. The van der Waals surface area contributed by atoms with Gasteiger partial charge in [0.05, 0.1) is 15.9 Å². The molecule has 0 radical (unpaired) electrons. The predicted molar refractivity (Wildman–Crippen MR) is 80.9 cm³/mol. The first kappa shape index (κ1) is 15.7. The Morgan fingerprint density at radius 2 is 2.00 bits per heavy atom. The van der Waals surface area contributed by atoms with Crippen LogP contribution in [0.25, 0.3) is 0 Å². The molecular weight excluding hydrogens is 290 g/mol. The number of nitrogens with zero attached hydrogens (tertiary/aromatic N) is 2. The van der Waals surface area contributed by atoms with Gasteiger partial charge in [0.25, 0.3) is 0 Å². The van der Waals surface area contributed by atoms with E-state index in [1.165, 1.54) is 10.2 Å². The van der Waals surface area contributed by atoms with Crippen LogP contribution in [0.15, 0.2) is 4.47 Å². The van der Waals surface area contributed by atoms with E-state index in [1.54, 1.807) is 0 Å². The number of aromatic nitrogens is 2. The molecule has 4 heteroatoms. The third-order valence-electron chi connectivity index (χ3n) is 3.57. The van der Waals surface area contributed by atoms with Crippen molar-refractivity contribution in [1.82, 2.24) is 15.1 Å². The van der Waals surface area contributed by atoms with Crippen LogP contribution >= 0.6 is 15.9 Å². The molecule has 104 valence electrons. The van der Waals surface area contributed by atoms with E-state index in [1.807, 2.05) is 7.05 Å². The van der Waals surface area contributed by atoms with Gasteiger partial charge in [0, 0.05) is 6.54 Å². The topological polar surface area (TPSA) is 29.9 Å². The summed E-state index contributed by atoms with van der Waals surface area (Å²) >= 11 is 3.68. The molecule has 0 spiro atoms. The molecule has 1 N–H and O–H groups in total. The molecule has 0 aromatic carbocycles. The highest BCUT2D eigenvalue weighted by molar-refractivity contribution is 9.10. The quantitative estimate of drug-likeness (QED) is 0.902. The first-order valence-electron chi connectivity index (χ1n) is 6.67. The van der Waals surface area contributed by atoms with Crippen molar-refractivity contribution in [3.05, 3.63) is 15.9 Å². The first-order chi connectivity index (χ1) is 8.31. The van der Waals surface area contributed by atoms with Gasteiger partial charge in [-0.1, -0.05) is 20.8 Å². The zero-order valence-corrected chi connectivity index (χ0v) is 14.1. The maximum absolute atomic E-state index is 4.57. The number of hydrogen-bond acceptors (Lipinski definition) is 2. The summed E-state index contributed by atoms with van der Waals surface area (Å²) in [4.78, 5) is 0. The summed E-state index contributed by atoms with van der Waals surface area (Å²) in [5.41, 5.74) is 2.70. The Hall–Kier alpha value is -0.350. The van der Waals surface area contributed by atoms with E-state index in [0.29, 0.717) is 11.3 Å². The van der Waals surface area contributed by atoms with Crippen LogP contribution in [0.5, 0.6) is 0 Å². The molecule has 1 atom stereocenters. The van der Waals surface area contributed by atoms with Crippen molar-refractivity contribution in [2.45, 2.75) is 47.6 Å². The van der Waals surface area contributed by atoms with Crippen LogP contribution in [0.4, 0.5) is 0 Å². The SMILES string of the molecule is CCn1nc(C)c(Br)c1CC(CNC)C(C)(C)C. The monoisotopic (exact) mass is 315 g/mol. The largest absolute Gasteiger partial charge is 0.319 e. The Balaban J connectivity index is 3.00. The smallest absolute Gasteiger partial charge is 0.0738 e. The van der Waals surface area contributed by atoms with E-state index >= 15 is 0 Å². The zero-order chi connectivity index (χ0) is 13.9. The van der Waals surface area contributed by atoms with Gasteiger partial charge in [0.2, 0.25) is 0 Å². The molecule has 0 bridgehead atoms.